The van der Waals surface area contributed by atoms with Crippen molar-refractivity contribution in [1.29, 1.82) is 0 Å². The van der Waals surface area contributed by atoms with Crippen LogP contribution in [0.1, 0.15) is 37.0 Å². The van der Waals surface area contributed by atoms with Gasteiger partial charge in [0.05, 0.1) is 6.54 Å². The summed E-state index contributed by atoms with van der Waals surface area (Å²) in [5, 5.41) is 3.96. The van der Waals surface area contributed by atoms with Gasteiger partial charge in [0.1, 0.15) is 11.9 Å². The maximum atomic E-state index is 5.29. The predicted octanol–water partition coefficient (Wildman–Crippen LogP) is 1.67. The fourth-order valence-corrected chi connectivity index (χ4v) is 2.93. The largest absolute Gasteiger partial charge is 0.374 e. The molecular formula is C15H23N5O2. The summed E-state index contributed by atoms with van der Waals surface area (Å²) >= 11 is 0. The molecule has 120 valence electrons. The minimum Gasteiger partial charge on any atom is -0.374 e. The fourth-order valence-electron chi connectivity index (χ4n) is 2.93. The van der Waals surface area contributed by atoms with E-state index in [1.54, 1.807) is 7.11 Å². The number of hydrogen-bond donors (Lipinski definition) is 0. The lowest BCUT2D eigenvalue weighted by Gasteiger charge is -2.27. The number of hydrogen-bond acceptors (Lipinski definition) is 6. The summed E-state index contributed by atoms with van der Waals surface area (Å²) in [6, 6.07) is 0. The smallest absolute Gasteiger partial charge is 0.240 e. The van der Waals surface area contributed by atoms with Crippen LogP contribution in [-0.2, 0) is 24.2 Å². The van der Waals surface area contributed by atoms with Crippen LogP contribution in [0.25, 0.3) is 0 Å². The second-order valence-corrected chi connectivity index (χ2v) is 6.02. The Morgan fingerprint density at radius 2 is 2.41 bits per heavy atom. The first-order valence-electron chi connectivity index (χ1n) is 7.69. The van der Waals surface area contributed by atoms with Crippen molar-refractivity contribution in [2.24, 2.45) is 5.92 Å². The number of nitrogens with zero attached hydrogens (tertiary/aromatic N) is 5. The van der Waals surface area contributed by atoms with Crippen LogP contribution in [0, 0.1) is 5.92 Å². The molecule has 22 heavy (non-hydrogen) atoms. The van der Waals surface area contributed by atoms with E-state index in [2.05, 4.69) is 37.8 Å². The van der Waals surface area contributed by atoms with Gasteiger partial charge < -0.3 is 13.8 Å². The van der Waals surface area contributed by atoms with Crippen molar-refractivity contribution in [2.45, 2.75) is 39.0 Å². The Kier molecular flexibility index (Phi) is 4.54. The third-order valence-electron chi connectivity index (χ3n) is 4.21. The van der Waals surface area contributed by atoms with Crippen molar-refractivity contribution in [3.8, 4) is 0 Å². The van der Waals surface area contributed by atoms with Gasteiger partial charge in [-0.05, 0) is 26.3 Å². The van der Waals surface area contributed by atoms with Crippen molar-refractivity contribution in [2.75, 3.05) is 20.7 Å². The average molecular weight is 305 g/mol. The molecule has 0 spiro atoms. The van der Waals surface area contributed by atoms with E-state index in [1.807, 2.05) is 13.1 Å². The zero-order valence-electron chi connectivity index (χ0n) is 13.4. The highest BCUT2D eigenvalue weighted by molar-refractivity contribution is 4.97. The zero-order chi connectivity index (χ0) is 15.5. The van der Waals surface area contributed by atoms with Gasteiger partial charge in [0.2, 0.25) is 5.89 Å². The topological polar surface area (TPSA) is 69.2 Å². The van der Waals surface area contributed by atoms with Gasteiger partial charge in [0, 0.05) is 39.0 Å². The van der Waals surface area contributed by atoms with Crippen LogP contribution < -0.4 is 0 Å². The monoisotopic (exact) mass is 305 g/mol. The maximum Gasteiger partial charge on any atom is 0.240 e. The lowest BCUT2D eigenvalue weighted by molar-refractivity contribution is 0.109. The molecule has 0 bridgehead atoms. The average Bonchev–Trinajstić information content (AvgIpc) is 3.14. The number of imidazole rings is 1. The first kappa shape index (κ1) is 15.2. The third kappa shape index (κ3) is 3.36. The van der Waals surface area contributed by atoms with Crippen molar-refractivity contribution < 1.29 is 9.26 Å². The van der Waals surface area contributed by atoms with E-state index in [4.69, 9.17) is 9.26 Å². The van der Waals surface area contributed by atoms with Gasteiger partial charge in [-0.1, -0.05) is 5.16 Å². The highest BCUT2D eigenvalue weighted by atomic mass is 16.5. The maximum absolute atomic E-state index is 5.29. The summed E-state index contributed by atoms with van der Waals surface area (Å²) in [5.74, 6) is 3.08. The third-order valence-corrected chi connectivity index (χ3v) is 4.21. The molecule has 7 heteroatoms. The van der Waals surface area contributed by atoms with Gasteiger partial charge in [-0.3, -0.25) is 4.90 Å². The molecule has 3 heterocycles. The molecule has 0 N–H and O–H groups in total. The predicted molar refractivity (Wildman–Crippen MR) is 80.1 cm³/mol. The first-order valence-corrected chi connectivity index (χ1v) is 7.69. The van der Waals surface area contributed by atoms with Crippen LogP contribution in [0.5, 0.6) is 0 Å². The molecule has 3 rings (SSSR count). The Bertz CT molecular complexity index is 609. The van der Waals surface area contributed by atoms with Gasteiger partial charge in [-0.25, -0.2) is 4.98 Å². The van der Waals surface area contributed by atoms with E-state index in [0.717, 1.165) is 19.5 Å². The Balaban J connectivity index is 1.52. The molecule has 0 aromatic carbocycles. The Labute approximate surface area is 130 Å². The number of rotatable bonds is 6. The van der Waals surface area contributed by atoms with Crippen molar-refractivity contribution in [3.05, 3.63) is 29.9 Å². The highest BCUT2D eigenvalue weighted by Crippen LogP contribution is 2.20. The van der Waals surface area contributed by atoms with Crippen molar-refractivity contribution in [3.63, 3.8) is 0 Å². The van der Waals surface area contributed by atoms with Crippen LogP contribution in [-0.4, -0.2) is 45.3 Å². The van der Waals surface area contributed by atoms with E-state index in [0.29, 0.717) is 24.2 Å². The van der Waals surface area contributed by atoms with Crippen molar-refractivity contribution >= 4 is 0 Å². The van der Waals surface area contributed by atoms with Gasteiger partial charge in [0.15, 0.2) is 5.82 Å². The molecule has 2 aromatic heterocycles. The number of ether oxygens (including phenoxy) is 1. The summed E-state index contributed by atoms with van der Waals surface area (Å²) < 4.78 is 12.7. The second kappa shape index (κ2) is 6.58. The van der Waals surface area contributed by atoms with Crippen LogP contribution in [0.3, 0.4) is 0 Å². The van der Waals surface area contributed by atoms with Crippen LogP contribution in [0.2, 0.25) is 0 Å². The summed E-state index contributed by atoms with van der Waals surface area (Å²) in [5.41, 5.74) is 0. The van der Waals surface area contributed by atoms with E-state index < -0.39 is 0 Å². The highest BCUT2D eigenvalue weighted by Gasteiger charge is 2.21. The normalized spacial score (nSPS) is 19.4. The van der Waals surface area contributed by atoms with Gasteiger partial charge >= 0.3 is 0 Å². The molecule has 2 aromatic rings. The van der Waals surface area contributed by atoms with E-state index >= 15 is 0 Å². The number of aryl methyl sites for hydroxylation is 1. The molecule has 2 atom stereocenters. The first-order chi connectivity index (χ1) is 10.7. The summed E-state index contributed by atoms with van der Waals surface area (Å²) in [6.45, 7) is 4.62. The fraction of sp³-hybridized carbons (Fsp3) is 0.667. The van der Waals surface area contributed by atoms with Gasteiger partial charge in [0.25, 0.3) is 0 Å². The Hall–Kier alpha value is -1.73. The zero-order valence-corrected chi connectivity index (χ0v) is 13.4. The molecule has 1 aliphatic heterocycles. The summed E-state index contributed by atoms with van der Waals surface area (Å²) in [4.78, 5) is 11.0. The number of aromatic nitrogens is 4. The van der Waals surface area contributed by atoms with E-state index in [9.17, 15) is 0 Å². The molecule has 1 aliphatic rings. The number of fused-ring (bicyclic) bond motifs is 1. The lowest BCUT2D eigenvalue weighted by atomic mass is 9.99. The van der Waals surface area contributed by atoms with Crippen LogP contribution in [0.15, 0.2) is 16.9 Å². The van der Waals surface area contributed by atoms with E-state index in [1.165, 1.54) is 12.2 Å². The Morgan fingerprint density at radius 1 is 1.55 bits per heavy atom. The summed E-state index contributed by atoms with van der Waals surface area (Å²) in [7, 11) is 3.73. The molecule has 0 saturated carbocycles. The number of methoxy groups -OCH3 is 1. The molecule has 7 nitrogen and oxygen atoms in total. The Morgan fingerprint density at radius 3 is 3.23 bits per heavy atom. The minimum absolute atomic E-state index is 0.138. The standard InChI is InChI=1S/C15H23N5O2/c1-11(21-3)15-17-14(22-18-15)10-19(2)8-12-4-5-13-16-6-7-20(13)9-12/h6-7,11-12H,4-5,8-10H2,1-3H3/t11-,12+/m1/s1. The molecular weight excluding hydrogens is 282 g/mol. The molecule has 0 amide bonds. The molecule has 0 saturated heterocycles. The van der Waals surface area contributed by atoms with Crippen LogP contribution >= 0.6 is 0 Å². The SMILES string of the molecule is CO[C@H](C)c1noc(CN(C)C[C@@H]2CCc3nccn3C2)n1. The van der Waals surface area contributed by atoms with Gasteiger partial charge in [-0.2, -0.15) is 4.98 Å². The quantitative estimate of drug-likeness (QED) is 0.808. The molecule has 0 unspecified atom stereocenters. The van der Waals surface area contributed by atoms with Gasteiger partial charge in [-0.15, -0.1) is 0 Å². The molecule has 0 fully saturated rings. The summed E-state index contributed by atoms with van der Waals surface area (Å²) in [6.07, 6.45) is 6.05. The lowest BCUT2D eigenvalue weighted by Crippen LogP contribution is -2.31. The van der Waals surface area contributed by atoms with E-state index in [-0.39, 0.29) is 6.10 Å². The second-order valence-electron chi connectivity index (χ2n) is 6.02. The molecule has 0 aliphatic carbocycles. The minimum atomic E-state index is -0.138. The van der Waals surface area contributed by atoms with Crippen molar-refractivity contribution in [1.82, 2.24) is 24.6 Å². The molecule has 0 radical (unpaired) electrons. The van der Waals surface area contributed by atoms with Crippen LogP contribution in [0.4, 0.5) is 0 Å².